The van der Waals surface area contributed by atoms with Gasteiger partial charge < -0.3 is 20.7 Å². The highest BCUT2D eigenvalue weighted by Gasteiger charge is 2.33. The van der Waals surface area contributed by atoms with Crippen molar-refractivity contribution in [3.8, 4) is 0 Å². The zero-order valence-electron chi connectivity index (χ0n) is 27.6. The fourth-order valence-corrected chi connectivity index (χ4v) is 6.54. The van der Waals surface area contributed by atoms with E-state index in [9.17, 15) is 28.8 Å². The lowest BCUT2D eigenvalue weighted by Gasteiger charge is -2.26. The molecule has 2 aliphatic heterocycles. The fourth-order valence-electron chi connectivity index (χ4n) is 6.54. The summed E-state index contributed by atoms with van der Waals surface area (Å²) in [4.78, 5) is 74.4. The summed E-state index contributed by atoms with van der Waals surface area (Å²) in [5, 5.41) is 28.7. The second-order valence-electron chi connectivity index (χ2n) is 12.8. The Morgan fingerprint density at radius 3 is 1.80 bits per heavy atom. The Morgan fingerprint density at radius 2 is 1.26 bits per heavy atom. The van der Waals surface area contributed by atoms with Crippen LogP contribution < -0.4 is 32.4 Å². The van der Waals surface area contributed by atoms with Crippen LogP contribution in [0.3, 0.4) is 0 Å². The summed E-state index contributed by atoms with van der Waals surface area (Å²) in [6.45, 7) is 1.59. The van der Waals surface area contributed by atoms with Crippen LogP contribution in [-0.4, -0.2) is 73.6 Å². The number of fused-ring (bicyclic) bond motifs is 2. The first-order valence-electron chi connectivity index (χ1n) is 17.2. The van der Waals surface area contributed by atoms with E-state index in [4.69, 9.17) is 0 Å². The number of amides is 3. The molecule has 262 valence electrons. The summed E-state index contributed by atoms with van der Waals surface area (Å²) < 4.78 is 2.16. The summed E-state index contributed by atoms with van der Waals surface area (Å²) in [5.74, 6) is -1.64. The van der Waals surface area contributed by atoms with Crippen LogP contribution >= 0.6 is 0 Å². The van der Waals surface area contributed by atoms with Crippen molar-refractivity contribution < 1.29 is 19.2 Å². The maximum absolute atomic E-state index is 13.4. The molecule has 16 nitrogen and oxygen atoms in total. The number of anilines is 2. The first kappa shape index (κ1) is 34.3. The zero-order chi connectivity index (χ0) is 35.0. The lowest BCUT2D eigenvalue weighted by molar-refractivity contribution is -0.136. The number of piperidine rings is 2. The number of hydrogen-bond donors (Lipinski definition) is 4. The molecule has 3 amide bonds. The zero-order valence-corrected chi connectivity index (χ0v) is 27.6. The summed E-state index contributed by atoms with van der Waals surface area (Å²) in [6.07, 6.45) is 8.42. The van der Waals surface area contributed by atoms with E-state index in [2.05, 4.69) is 41.9 Å². The van der Waals surface area contributed by atoms with E-state index in [0.717, 1.165) is 60.6 Å². The van der Waals surface area contributed by atoms with Crippen LogP contribution in [0.1, 0.15) is 76.3 Å². The average molecular weight is 685 g/mol. The third-order valence-corrected chi connectivity index (χ3v) is 9.27. The van der Waals surface area contributed by atoms with Crippen LogP contribution in [-0.2, 0) is 19.2 Å². The summed E-state index contributed by atoms with van der Waals surface area (Å²) >= 11 is 0. The van der Waals surface area contributed by atoms with Gasteiger partial charge in [-0.15, -0.1) is 10.2 Å². The van der Waals surface area contributed by atoms with Crippen LogP contribution in [0, 0.1) is 5.92 Å². The van der Waals surface area contributed by atoms with E-state index in [1.54, 1.807) is 24.3 Å². The molecule has 0 bridgehead atoms. The Kier molecular flexibility index (Phi) is 10.8. The van der Waals surface area contributed by atoms with Crippen molar-refractivity contribution in [2.24, 2.45) is 5.92 Å². The minimum absolute atomic E-state index is 0.138. The Morgan fingerprint density at radius 1 is 0.720 bits per heavy atom. The average Bonchev–Trinajstić information content (AvgIpc) is 3.11. The summed E-state index contributed by atoms with van der Waals surface area (Å²) in [7, 11) is 0. The maximum atomic E-state index is 13.4. The van der Waals surface area contributed by atoms with E-state index in [-0.39, 0.29) is 43.5 Å². The van der Waals surface area contributed by atoms with Crippen molar-refractivity contribution in [1.29, 1.82) is 0 Å². The van der Waals surface area contributed by atoms with Crippen molar-refractivity contribution in [3.63, 3.8) is 0 Å². The molecule has 4 N–H and O–H groups in total. The third kappa shape index (κ3) is 7.53. The molecule has 0 radical (unpaired) electrons. The van der Waals surface area contributed by atoms with Crippen LogP contribution in [0.15, 0.2) is 46.0 Å². The van der Waals surface area contributed by atoms with Gasteiger partial charge >= 0.3 is 0 Å². The summed E-state index contributed by atoms with van der Waals surface area (Å²) in [6, 6.07) is 8.90. The van der Waals surface area contributed by atoms with Gasteiger partial charge in [0.25, 0.3) is 17.0 Å². The van der Waals surface area contributed by atoms with Gasteiger partial charge in [0.2, 0.25) is 11.8 Å². The first-order valence-corrected chi connectivity index (χ1v) is 17.2. The minimum Gasteiger partial charge on any atom is -0.384 e. The molecule has 3 atom stereocenters. The van der Waals surface area contributed by atoms with Crippen molar-refractivity contribution >= 4 is 57.2 Å². The molecule has 16 heteroatoms. The number of aromatic nitrogens is 6. The predicted molar refractivity (Wildman–Crippen MR) is 185 cm³/mol. The molecule has 2 saturated heterocycles. The number of nitrogens with one attached hydrogen (secondary N) is 4. The highest BCUT2D eigenvalue weighted by molar-refractivity contribution is 5.99. The molecular weight excluding hydrogens is 644 g/mol. The van der Waals surface area contributed by atoms with Gasteiger partial charge in [0.05, 0.1) is 10.8 Å². The molecule has 2 aromatic carbocycles. The standard InChI is InChI=1S/C34H40N10O6/c45-20-21-18-27(31(47)37-19-21)44-34(50)30-23(11-9-13-25(30)40-42-44)36-17-7-5-3-1-2-4-6-16-35-22-10-8-12-24-29(22)33(49)43(41-39-24)26-14-15-28(46)38-32(26)48/h8-13,20-21,26-27,35-36H,1-7,14-19H2,(H,37,47)(H,38,46,48). The SMILES string of the molecule is O=CC1CNC(=O)C(n2nnc3cccc(NCCCCCCCCCNc4cccc5nnn(C6CCC(=O)NC6=O)c(=O)c45)c3c2=O)C1. The van der Waals surface area contributed by atoms with Gasteiger partial charge in [-0.25, -0.2) is 0 Å². The van der Waals surface area contributed by atoms with Crippen molar-refractivity contribution in [3.05, 3.63) is 57.1 Å². The molecule has 4 heterocycles. The molecular formula is C34H40N10O6. The topological polar surface area (TPSA) is 212 Å². The summed E-state index contributed by atoms with van der Waals surface area (Å²) in [5.41, 5.74) is 1.31. The second kappa shape index (κ2) is 15.8. The molecule has 0 saturated carbocycles. The quantitative estimate of drug-likeness (QED) is 0.0805. The number of benzene rings is 2. The number of unbranched alkanes of at least 4 members (excludes halogenated alkanes) is 6. The predicted octanol–water partition coefficient (Wildman–Crippen LogP) is 2.00. The molecule has 2 aromatic heterocycles. The number of hydrogen-bond acceptors (Lipinski definition) is 12. The highest BCUT2D eigenvalue weighted by atomic mass is 16.2. The lowest BCUT2D eigenvalue weighted by Crippen LogP contribution is -2.46. The molecule has 0 spiro atoms. The number of carbonyl (C=O) groups is 4. The lowest BCUT2D eigenvalue weighted by atomic mass is 9.96. The maximum Gasteiger partial charge on any atom is 0.280 e. The van der Waals surface area contributed by atoms with Gasteiger partial charge in [-0.05, 0) is 49.9 Å². The third-order valence-electron chi connectivity index (χ3n) is 9.27. The van der Waals surface area contributed by atoms with E-state index >= 15 is 0 Å². The smallest absolute Gasteiger partial charge is 0.280 e. The van der Waals surface area contributed by atoms with Crippen LogP contribution in [0.4, 0.5) is 11.4 Å². The molecule has 2 aliphatic rings. The van der Waals surface area contributed by atoms with Crippen LogP contribution in [0.2, 0.25) is 0 Å². The number of imide groups is 1. The van der Waals surface area contributed by atoms with E-state index in [1.165, 1.54) is 0 Å². The second-order valence-corrected chi connectivity index (χ2v) is 12.8. The Labute approximate surface area is 286 Å². The minimum atomic E-state index is -0.884. The Bertz CT molecular complexity index is 2030. The van der Waals surface area contributed by atoms with E-state index < -0.39 is 29.1 Å². The van der Waals surface area contributed by atoms with Crippen molar-refractivity contribution in [2.45, 2.75) is 76.3 Å². The Hall–Kier alpha value is -5.54. The number of nitrogens with zero attached hydrogens (tertiary/aromatic N) is 6. The van der Waals surface area contributed by atoms with Gasteiger partial charge in [0.15, 0.2) is 0 Å². The molecule has 2 fully saturated rings. The molecule has 0 aliphatic carbocycles. The van der Waals surface area contributed by atoms with Crippen LogP contribution in [0.25, 0.3) is 21.8 Å². The highest BCUT2D eigenvalue weighted by Crippen LogP contribution is 2.23. The largest absolute Gasteiger partial charge is 0.384 e. The van der Waals surface area contributed by atoms with Gasteiger partial charge in [-0.3, -0.25) is 29.3 Å². The number of aldehydes is 1. The normalized spacial score (nSPS) is 19.3. The van der Waals surface area contributed by atoms with Gasteiger partial charge in [0.1, 0.15) is 29.4 Å². The van der Waals surface area contributed by atoms with E-state index in [1.807, 2.05) is 12.1 Å². The molecule has 50 heavy (non-hydrogen) atoms. The van der Waals surface area contributed by atoms with Crippen molar-refractivity contribution in [2.75, 3.05) is 30.3 Å². The Balaban J connectivity index is 0.931. The van der Waals surface area contributed by atoms with Crippen LogP contribution in [0.5, 0.6) is 0 Å². The first-order chi connectivity index (χ1) is 24.4. The van der Waals surface area contributed by atoms with Gasteiger partial charge in [-0.2, -0.15) is 9.36 Å². The molecule has 4 aromatic rings. The van der Waals surface area contributed by atoms with Crippen molar-refractivity contribution in [1.82, 2.24) is 40.6 Å². The van der Waals surface area contributed by atoms with Gasteiger partial charge in [-0.1, -0.05) is 54.7 Å². The van der Waals surface area contributed by atoms with E-state index in [0.29, 0.717) is 46.3 Å². The molecule has 3 unspecified atom stereocenters. The molecule has 6 rings (SSSR count). The monoisotopic (exact) mass is 684 g/mol. The number of carbonyl (C=O) groups excluding carboxylic acids is 4. The fraction of sp³-hybridized carbons (Fsp3) is 0.471. The number of rotatable bonds is 15. The van der Waals surface area contributed by atoms with Gasteiger partial charge in [0, 0.05) is 43.3 Å².